The average molecular weight is 342 g/mol. The van der Waals surface area contributed by atoms with Gasteiger partial charge in [0.25, 0.3) is 5.56 Å². The fraction of sp³-hybridized carbons (Fsp3) is 0.100. The smallest absolute Gasteiger partial charge is 0.269 e. The fourth-order valence-corrected chi connectivity index (χ4v) is 2.42. The zero-order valence-corrected chi connectivity index (χ0v) is 14.0. The molecule has 0 aliphatic heterocycles. The summed E-state index contributed by atoms with van der Waals surface area (Å²) in [6, 6.07) is 16.1. The van der Waals surface area contributed by atoms with Crippen molar-refractivity contribution in [1.29, 1.82) is 10.5 Å². The molecule has 0 aliphatic carbocycles. The number of hydrogen-bond acceptors (Lipinski definition) is 5. The Labute approximate surface area is 149 Å². The maximum atomic E-state index is 12.8. The molecule has 0 N–H and O–H groups in total. The molecule has 0 atom stereocenters. The summed E-state index contributed by atoms with van der Waals surface area (Å²) in [5.41, 5.74) is 0.988. The second-order valence-corrected chi connectivity index (χ2v) is 5.45. The van der Waals surface area contributed by atoms with E-state index in [0.717, 1.165) is 12.0 Å². The Morgan fingerprint density at radius 1 is 1.19 bits per heavy atom. The zero-order chi connectivity index (χ0) is 18.5. The maximum Gasteiger partial charge on any atom is 0.269 e. The number of fused-ring (bicyclic) bond motifs is 1. The zero-order valence-electron chi connectivity index (χ0n) is 14.0. The molecule has 6 nitrogen and oxygen atoms in total. The van der Waals surface area contributed by atoms with Crippen LogP contribution in [-0.4, -0.2) is 9.38 Å². The van der Waals surface area contributed by atoms with Crippen LogP contribution in [-0.2, 0) is 6.42 Å². The van der Waals surface area contributed by atoms with Gasteiger partial charge in [0, 0.05) is 6.20 Å². The van der Waals surface area contributed by atoms with Crippen molar-refractivity contribution in [3.63, 3.8) is 0 Å². The summed E-state index contributed by atoms with van der Waals surface area (Å²) in [5, 5.41) is 18.0. The Kier molecular flexibility index (Phi) is 4.78. The number of aryl methyl sites for hydroxylation is 1. The first-order chi connectivity index (χ1) is 12.7. The van der Waals surface area contributed by atoms with Gasteiger partial charge in [-0.2, -0.15) is 15.5 Å². The van der Waals surface area contributed by atoms with E-state index in [-0.39, 0.29) is 17.0 Å². The van der Waals surface area contributed by atoms with Crippen LogP contribution < -0.4 is 10.3 Å². The molecular formula is C20H14N4O2. The molecule has 3 rings (SSSR count). The van der Waals surface area contributed by atoms with Gasteiger partial charge in [0.05, 0.1) is 0 Å². The molecule has 0 saturated heterocycles. The van der Waals surface area contributed by atoms with Gasteiger partial charge in [-0.05, 0) is 42.3 Å². The predicted molar refractivity (Wildman–Crippen MR) is 96.6 cm³/mol. The van der Waals surface area contributed by atoms with Crippen molar-refractivity contribution in [1.82, 2.24) is 9.38 Å². The van der Waals surface area contributed by atoms with Gasteiger partial charge in [-0.1, -0.05) is 25.1 Å². The number of aromatic nitrogens is 2. The minimum atomic E-state index is -0.418. The van der Waals surface area contributed by atoms with Gasteiger partial charge >= 0.3 is 0 Å². The molecular weight excluding hydrogens is 328 g/mol. The number of nitrogens with zero attached hydrogens (tertiary/aromatic N) is 4. The third-order valence-corrected chi connectivity index (χ3v) is 3.81. The van der Waals surface area contributed by atoms with Gasteiger partial charge in [0.1, 0.15) is 34.7 Å². The Bertz CT molecular complexity index is 1110. The monoisotopic (exact) mass is 342 g/mol. The van der Waals surface area contributed by atoms with E-state index in [1.165, 1.54) is 10.5 Å². The van der Waals surface area contributed by atoms with E-state index in [1.54, 1.807) is 48.7 Å². The molecule has 0 bridgehead atoms. The molecule has 0 radical (unpaired) electrons. The highest BCUT2D eigenvalue weighted by atomic mass is 16.5. The van der Waals surface area contributed by atoms with Gasteiger partial charge in [0.15, 0.2) is 0 Å². The Hall–Kier alpha value is -3.90. The quantitative estimate of drug-likeness (QED) is 0.677. The number of pyridine rings is 1. The topological polar surface area (TPSA) is 91.2 Å². The van der Waals surface area contributed by atoms with E-state index in [2.05, 4.69) is 11.9 Å². The second kappa shape index (κ2) is 7.33. The highest BCUT2D eigenvalue weighted by molar-refractivity contribution is 5.66. The normalized spacial score (nSPS) is 9.96. The third kappa shape index (κ3) is 3.31. The Morgan fingerprint density at radius 2 is 1.92 bits per heavy atom. The first-order valence-electron chi connectivity index (χ1n) is 7.96. The van der Waals surface area contributed by atoms with Crippen molar-refractivity contribution < 1.29 is 4.74 Å². The fourth-order valence-electron chi connectivity index (χ4n) is 2.42. The number of allylic oxidation sites excluding steroid dienone is 1. The highest BCUT2D eigenvalue weighted by Crippen LogP contribution is 2.24. The summed E-state index contributed by atoms with van der Waals surface area (Å²) in [4.78, 5) is 17.2. The maximum absolute atomic E-state index is 12.8. The molecule has 126 valence electrons. The van der Waals surface area contributed by atoms with E-state index in [9.17, 15) is 4.79 Å². The number of rotatable bonds is 4. The molecule has 6 heteroatoms. The summed E-state index contributed by atoms with van der Waals surface area (Å²) in [6.07, 6.45) is 3.67. The minimum Gasteiger partial charge on any atom is -0.438 e. The van der Waals surface area contributed by atoms with Crippen LogP contribution in [0.25, 0.3) is 11.7 Å². The predicted octanol–water partition coefficient (Wildman–Crippen LogP) is 3.48. The summed E-state index contributed by atoms with van der Waals surface area (Å²) >= 11 is 0. The molecule has 2 aromatic heterocycles. The molecule has 0 saturated carbocycles. The number of ether oxygens (including phenoxy) is 1. The lowest BCUT2D eigenvalue weighted by molar-refractivity contribution is 0.461. The van der Waals surface area contributed by atoms with Crippen LogP contribution >= 0.6 is 0 Å². The van der Waals surface area contributed by atoms with E-state index in [1.807, 2.05) is 12.1 Å². The van der Waals surface area contributed by atoms with Crippen molar-refractivity contribution in [2.45, 2.75) is 13.3 Å². The first-order valence-corrected chi connectivity index (χ1v) is 7.96. The lowest BCUT2D eigenvalue weighted by atomic mass is 10.2. The van der Waals surface area contributed by atoms with Gasteiger partial charge in [-0.15, -0.1) is 0 Å². The number of hydrogen-bond donors (Lipinski definition) is 0. The van der Waals surface area contributed by atoms with E-state index < -0.39 is 5.56 Å². The Morgan fingerprint density at radius 3 is 2.58 bits per heavy atom. The van der Waals surface area contributed by atoms with Crippen LogP contribution in [0.4, 0.5) is 0 Å². The van der Waals surface area contributed by atoms with E-state index >= 15 is 0 Å². The molecule has 0 spiro atoms. The van der Waals surface area contributed by atoms with Crippen LogP contribution in [0.15, 0.2) is 59.0 Å². The molecule has 0 fully saturated rings. The summed E-state index contributed by atoms with van der Waals surface area (Å²) in [6.45, 7) is 2.05. The number of nitriles is 2. The van der Waals surface area contributed by atoms with Crippen molar-refractivity contribution in [2.75, 3.05) is 0 Å². The van der Waals surface area contributed by atoms with Gasteiger partial charge in [-0.3, -0.25) is 9.20 Å². The van der Waals surface area contributed by atoms with Crippen LogP contribution in [0.5, 0.6) is 11.6 Å². The minimum absolute atomic E-state index is 0.0476. The van der Waals surface area contributed by atoms with Gasteiger partial charge in [0.2, 0.25) is 5.88 Å². The molecule has 3 aromatic rings. The SMILES string of the molecule is CCc1ccc(Oc2nc3ccccn3c(=O)c2C=C(C#N)C#N)cc1. The van der Waals surface area contributed by atoms with Crippen molar-refractivity contribution in [3.8, 4) is 23.8 Å². The largest absolute Gasteiger partial charge is 0.438 e. The standard InChI is InChI=1S/C20H14N4O2/c1-2-14-6-8-16(9-7-14)26-19-17(11-15(12-21)13-22)20(25)24-10-4-3-5-18(24)23-19/h3-11H,2H2,1H3. The molecule has 26 heavy (non-hydrogen) atoms. The molecule has 0 amide bonds. The molecule has 1 aromatic carbocycles. The number of benzene rings is 1. The van der Waals surface area contributed by atoms with Crippen LogP contribution in [0.2, 0.25) is 0 Å². The van der Waals surface area contributed by atoms with Crippen molar-refractivity contribution in [3.05, 3.63) is 75.7 Å². The summed E-state index contributed by atoms with van der Waals surface area (Å²) in [7, 11) is 0. The molecule has 0 unspecified atom stereocenters. The Balaban J connectivity index is 2.18. The molecule has 0 aliphatic rings. The van der Waals surface area contributed by atoms with Gasteiger partial charge < -0.3 is 4.74 Å². The van der Waals surface area contributed by atoms with Crippen LogP contribution in [0.1, 0.15) is 18.1 Å². The first kappa shape index (κ1) is 16.9. The van der Waals surface area contributed by atoms with Crippen molar-refractivity contribution in [2.24, 2.45) is 0 Å². The van der Waals surface area contributed by atoms with Gasteiger partial charge in [-0.25, -0.2) is 0 Å². The summed E-state index contributed by atoms with van der Waals surface area (Å²) in [5.74, 6) is 0.563. The lowest BCUT2D eigenvalue weighted by Crippen LogP contribution is -2.18. The average Bonchev–Trinajstić information content (AvgIpc) is 2.68. The second-order valence-electron chi connectivity index (χ2n) is 5.45. The third-order valence-electron chi connectivity index (χ3n) is 3.81. The lowest BCUT2D eigenvalue weighted by Gasteiger charge is -2.10. The summed E-state index contributed by atoms with van der Waals surface area (Å²) < 4.78 is 7.14. The van der Waals surface area contributed by atoms with E-state index in [4.69, 9.17) is 15.3 Å². The highest BCUT2D eigenvalue weighted by Gasteiger charge is 2.14. The van der Waals surface area contributed by atoms with Crippen LogP contribution in [0.3, 0.4) is 0 Å². The van der Waals surface area contributed by atoms with Crippen molar-refractivity contribution >= 4 is 11.7 Å². The van der Waals surface area contributed by atoms with E-state index in [0.29, 0.717) is 11.4 Å². The van der Waals surface area contributed by atoms with Crippen LogP contribution in [0, 0.1) is 22.7 Å². The molecule has 2 heterocycles.